The van der Waals surface area contributed by atoms with Crippen molar-refractivity contribution in [2.24, 2.45) is 0 Å². The second-order valence-corrected chi connectivity index (χ2v) is 8.05. The molecule has 1 N–H and O–H groups in total. The minimum atomic E-state index is -2.97. The fraction of sp³-hybridized carbons (Fsp3) is 0.727. The van der Waals surface area contributed by atoms with Crippen molar-refractivity contribution in [3.63, 3.8) is 0 Å². The zero-order valence-corrected chi connectivity index (χ0v) is 12.7. The van der Waals surface area contributed by atoms with Crippen molar-refractivity contribution in [3.05, 3.63) is 0 Å². The maximum atomic E-state index is 11.8. The highest BCUT2D eigenvalue weighted by Crippen LogP contribution is 2.57. The Bertz CT molecular complexity index is 292. The zero-order valence-electron chi connectivity index (χ0n) is 10.9. The Morgan fingerprint density at radius 1 is 1.35 bits per heavy atom. The summed E-state index contributed by atoms with van der Waals surface area (Å²) >= 11 is 0. The van der Waals surface area contributed by atoms with E-state index in [0.717, 1.165) is 12.8 Å². The third-order valence-electron chi connectivity index (χ3n) is 2.15. The molecular weight excluding hydrogens is 258 g/mol. The predicted octanol–water partition coefficient (Wildman–Crippen LogP) is 2.48. The SMILES string of the molecule is CCCC#CCP(C)C(=O)C[P+](O)(OC)OC. The molecule has 0 aliphatic heterocycles. The van der Waals surface area contributed by atoms with Crippen molar-refractivity contribution in [1.82, 2.24) is 0 Å². The van der Waals surface area contributed by atoms with Gasteiger partial charge in [0.05, 0.1) is 14.2 Å². The van der Waals surface area contributed by atoms with Gasteiger partial charge in [-0.15, -0.1) is 5.92 Å². The summed E-state index contributed by atoms with van der Waals surface area (Å²) in [4.78, 5) is 21.6. The van der Waals surface area contributed by atoms with Crippen LogP contribution in [-0.4, -0.2) is 43.6 Å². The van der Waals surface area contributed by atoms with Crippen molar-refractivity contribution >= 4 is 21.4 Å². The summed E-state index contributed by atoms with van der Waals surface area (Å²) in [5, 5.41) is 0. The molecule has 0 rings (SSSR count). The molecule has 0 fully saturated rings. The van der Waals surface area contributed by atoms with Crippen LogP contribution in [0.2, 0.25) is 0 Å². The van der Waals surface area contributed by atoms with Crippen molar-refractivity contribution < 1.29 is 18.7 Å². The van der Waals surface area contributed by atoms with Gasteiger partial charge in [-0.1, -0.05) is 12.8 Å². The summed E-state index contributed by atoms with van der Waals surface area (Å²) in [5.41, 5.74) is -0.00895. The van der Waals surface area contributed by atoms with Crippen molar-refractivity contribution in [2.45, 2.75) is 19.8 Å². The van der Waals surface area contributed by atoms with Crippen LogP contribution in [-0.2, 0) is 13.8 Å². The van der Waals surface area contributed by atoms with E-state index in [-0.39, 0.29) is 11.7 Å². The molecule has 0 radical (unpaired) electrons. The molecule has 0 saturated heterocycles. The van der Waals surface area contributed by atoms with E-state index in [0.29, 0.717) is 6.16 Å². The zero-order chi connectivity index (χ0) is 13.3. The monoisotopic (exact) mass is 279 g/mol. The van der Waals surface area contributed by atoms with Gasteiger partial charge in [0.2, 0.25) is 6.16 Å². The van der Waals surface area contributed by atoms with E-state index in [1.54, 1.807) is 0 Å². The molecule has 0 aromatic rings. The van der Waals surface area contributed by atoms with E-state index in [9.17, 15) is 9.69 Å². The van der Waals surface area contributed by atoms with Crippen LogP contribution in [0.5, 0.6) is 0 Å². The average molecular weight is 279 g/mol. The molecule has 0 aliphatic carbocycles. The van der Waals surface area contributed by atoms with Crippen LogP contribution in [0, 0.1) is 11.8 Å². The topological polar surface area (TPSA) is 55.8 Å². The average Bonchev–Trinajstić information content (AvgIpc) is 2.34. The molecule has 0 heterocycles. The fourth-order valence-electron chi connectivity index (χ4n) is 0.971. The minimum Gasteiger partial charge on any atom is -0.290 e. The normalized spacial score (nSPS) is 12.8. The molecule has 4 nitrogen and oxygen atoms in total. The van der Waals surface area contributed by atoms with E-state index >= 15 is 0 Å². The number of unbranched alkanes of at least 4 members (excludes halogenated alkanes) is 1. The lowest BCUT2D eigenvalue weighted by molar-refractivity contribution is -0.109. The highest BCUT2D eigenvalue weighted by molar-refractivity contribution is 7.77. The largest absolute Gasteiger partial charge is 0.416 e. The standard InChI is InChI=1S/C11H21O4P2/c1-5-6-7-8-9-16(4)11(12)10-17(13,14-2)15-3/h13H,5-6,9-10H2,1-4H3/q+1. The minimum absolute atomic E-state index is 0.00895. The highest BCUT2D eigenvalue weighted by Gasteiger charge is 2.41. The first-order valence-electron chi connectivity index (χ1n) is 5.41. The van der Waals surface area contributed by atoms with Crippen molar-refractivity contribution in [3.8, 4) is 11.8 Å². The quantitative estimate of drug-likeness (QED) is 0.574. The predicted molar refractivity (Wildman–Crippen MR) is 73.4 cm³/mol. The van der Waals surface area contributed by atoms with Crippen molar-refractivity contribution in [2.75, 3.05) is 33.2 Å². The second kappa shape index (κ2) is 8.97. The van der Waals surface area contributed by atoms with Crippen molar-refractivity contribution in [1.29, 1.82) is 0 Å². The first-order chi connectivity index (χ1) is 7.99. The van der Waals surface area contributed by atoms with Gasteiger partial charge < -0.3 is 0 Å². The van der Waals surface area contributed by atoms with Gasteiger partial charge in [0.15, 0.2) is 5.52 Å². The van der Waals surface area contributed by atoms with E-state index in [1.165, 1.54) is 14.2 Å². The van der Waals surface area contributed by atoms with Gasteiger partial charge in [-0.2, -0.15) is 13.9 Å². The molecule has 0 aliphatic rings. The fourth-order valence-corrected chi connectivity index (χ4v) is 3.75. The number of carbonyl (C=O) groups is 1. The van der Waals surface area contributed by atoms with Crippen LogP contribution >= 0.6 is 15.9 Å². The smallest absolute Gasteiger partial charge is 0.290 e. The van der Waals surface area contributed by atoms with Gasteiger partial charge in [-0.25, -0.2) is 0 Å². The van der Waals surface area contributed by atoms with Gasteiger partial charge in [0.25, 0.3) is 0 Å². The summed E-state index contributed by atoms with van der Waals surface area (Å²) in [5.74, 6) is 6.01. The third kappa shape index (κ3) is 7.09. The Morgan fingerprint density at radius 3 is 2.41 bits per heavy atom. The molecule has 1 atom stereocenters. The van der Waals surface area contributed by atoms with Crippen LogP contribution in [0.4, 0.5) is 0 Å². The Balaban J connectivity index is 4.19. The lowest BCUT2D eigenvalue weighted by Crippen LogP contribution is -2.11. The lowest BCUT2D eigenvalue weighted by atomic mass is 10.3. The molecule has 0 spiro atoms. The summed E-state index contributed by atoms with van der Waals surface area (Å²) in [7, 11) is -1.10. The van der Waals surface area contributed by atoms with Crippen LogP contribution in [0.3, 0.4) is 0 Å². The van der Waals surface area contributed by atoms with E-state index in [4.69, 9.17) is 9.05 Å². The Labute approximate surface area is 105 Å². The lowest BCUT2D eigenvalue weighted by Gasteiger charge is -2.13. The summed E-state index contributed by atoms with van der Waals surface area (Å²) in [6, 6.07) is 0. The number of hydrogen-bond acceptors (Lipinski definition) is 4. The molecule has 1 unspecified atom stereocenters. The van der Waals surface area contributed by atoms with Gasteiger partial charge in [0, 0.05) is 12.6 Å². The molecule has 17 heavy (non-hydrogen) atoms. The van der Waals surface area contributed by atoms with E-state index < -0.39 is 15.9 Å². The number of hydrogen-bond donors (Lipinski definition) is 1. The van der Waals surface area contributed by atoms with Crippen LogP contribution in [0.25, 0.3) is 0 Å². The molecule has 0 bridgehead atoms. The van der Waals surface area contributed by atoms with Crippen LogP contribution in [0.1, 0.15) is 19.8 Å². The maximum Gasteiger partial charge on any atom is 0.416 e. The molecule has 0 amide bonds. The summed E-state index contributed by atoms with van der Waals surface area (Å²) in [6.07, 6.45) is 2.44. The second-order valence-electron chi connectivity index (χ2n) is 3.51. The highest BCUT2D eigenvalue weighted by atomic mass is 31.2. The van der Waals surface area contributed by atoms with Gasteiger partial charge in [0.1, 0.15) is 0 Å². The van der Waals surface area contributed by atoms with E-state index in [2.05, 4.69) is 18.8 Å². The Morgan fingerprint density at radius 2 is 1.94 bits per heavy atom. The Kier molecular flexibility index (Phi) is 8.96. The first kappa shape index (κ1) is 17.0. The third-order valence-corrected chi connectivity index (χ3v) is 5.87. The maximum absolute atomic E-state index is 11.8. The molecule has 0 aromatic heterocycles. The van der Waals surface area contributed by atoms with E-state index in [1.807, 2.05) is 6.66 Å². The van der Waals surface area contributed by atoms with Gasteiger partial charge in [-0.05, 0) is 21.0 Å². The molecular formula is C11H21O4P2+. The van der Waals surface area contributed by atoms with Crippen LogP contribution in [0.15, 0.2) is 0 Å². The summed E-state index contributed by atoms with van der Waals surface area (Å²) < 4.78 is 9.70. The number of carbonyl (C=O) groups excluding carboxylic acids is 1. The Hall–Kier alpha value is -0.0300. The molecule has 98 valence electrons. The molecule has 0 aromatic carbocycles. The number of rotatable bonds is 7. The van der Waals surface area contributed by atoms with Gasteiger partial charge in [-0.3, -0.25) is 4.79 Å². The summed E-state index contributed by atoms with van der Waals surface area (Å²) in [6.45, 7) is 3.93. The van der Waals surface area contributed by atoms with Gasteiger partial charge >= 0.3 is 7.94 Å². The molecule has 0 saturated carbocycles. The molecule has 6 heteroatoms. The first-order valence-corrected chi connectivity index (χ1v) is 9.14. The van der Waals surface area contributed by atoms with Crippen LogP contribution < -0.4 is 0 Å².